The van der Waals surface area contributed by atoms with Crippen molar-refractivity contribution in [3.05, 3.63) is 46.9 Å². The van der Waals surface area contributed by atoms with Crippen molar-refractivity contribution in [3.8, 4) is 0 Å². The number of allylic oxidation sites excluding steroid dienone is 1. The molecule has 1 rings (SSSR count). The maximum Gasteiger partial charge on any atom is 0.0108 e. The van der Waals surface area contributed by atoms with Gasteiger partial charge in [-0.15, -0.1) is 0 Å². The average molecular weight is 174 g/mol. The molecule has 0 aliphatic carbocycles. The van der Waals surface area contributed by atoms with E-state index in [4.69, 9.17) is 5.41 Å². The highest BCUT2D eigenvalue weighted by molar-refractivity contribution is 7.79. The second-order valence-electron chi connectivity index (χ2n) is 2.42. The van der Waals surface area contributed by atoms with E-state index in [2.05, 4.69) is 18.1 Å². The number of nitrogens with zero attached hydrogens (tertiary/aromatic N) is 1. The van der Waals surface area contributed by atoms with E-state index in [-0.39, 0.29) is 0 Å². The Balaban J connectivity index is 2.77. The number of rotatable bonds is 3. The lowest BCUT2D eigenvalue weighted by molar-refractivity contribution is 1.25. The molecule has 0 bridgehead atoms. The van der Waals surface area contributed by atoms with Crippen molar-refractivity contribution >= 4 is 23.5 Å². The summed E-state index contributed by atoms with van der Waals surface area (Å²) >= 11 is 4.69. The molecule has 0 amide bonds. The van der Waals surface area contributed by atoms with Crippen LogP contribution in [0.15, 0.2) is 35.9 Å². The fraction of sp³-hybridized carbons (Fsp3) is 0.100. The van der Waals surface area contributed by atoms with Gasteiger partial charge in [-0.2, -0.15) is 0 Å². The third-order valence-corrected chi connectivity index (χ3v) is 1.81. The Labute approximate surface area is 77.2 Å². The van der Waals surface area contributed by atoms with E-state index in [0.717, 1.165) is 5.56 Å². The summed E-state index contributed by atoms with van der Waals surface area (Å²) in [6.07, 6.45) is 0.640. The van der Waals surface area contributed by atoms with Crippen LogP contribution in [0.4, 0.5) is 0 Å². The van der Waals surface area contributed by atoms with Gasteiger partial charge in [0.25, 0.3) is 0 Å². The van der Waals surface area contributed by atoms with E-state index in [9.17, 15) is 0 Å². The van der Waals surface area contributed by atoms with E-state index >= 15 is 0 Å². The molecular formula is C10H8NS-. The molecular weight excluding hydrogens is 166 g/mol. The molecule has 0 radical (unpaired) electrons. The number of benzene rings is 1. The lowest BCUT2D eigenvalue weighted by atomic mass is 10.1. The van der Waals surface area contributed by atoms with Crippen LogP contribution in [0, 0.1) is 0 Å². The summed E-state index contributed by atoms with van der Waals surface area (Å²) in [5.74, 6) is 2.06. The van der Waals surface area contributed by atoms with Crippen LogP contribution in [0.3, 0.4) is 0 Å². The van der Waals surface area contributed by atoms with Crippen molar-refractivity contribution < 1.29 is 0 Å². The van der Waals surface area contributed by atoms with Gasteiger partial charge in [0.05, 0.1) is 0 Å². The second kappa shape index (κ2) is 4.60. The van der Waals surface area contributed by atoms with Crippen molar-refractivity contribution in [1.82, 2.24) is 0 Å². The fourth-order valence-corrected chi connectivity index (χ4v) is 1.06. The minimum Gasteiger partial charge on any atom is -0.763 e. The van der Waals surface area contributed by atoms with Crippen LogP contribution in [0.2, 0.25) is 0 Å². The highest BCUT2D eigenvalue weighted by Crippen LogP contribution is 2.03. The molecule has 1 aromatic rings. The van der Waals surface area contributed by atoms with Crippen LogP contribution in [-0.2, 0) is 6.42 Å². The highest BCUT2D eigenvalue weighted by Gasteiger charge is 1.92. The number of thiocarbonyl (C=S) groups is 1. The second-order valence-corrected chi connectivity index (χ2v) is 2.65. The molecule has 0 aromatic heterocycles. The molecule has 0 heterocycles. The van der Waals surface area contributed by atoms with E-state index in [1.165, 1.54) is 5.37 Å². The topological polar surface area (TPSA) is 22.3 Å². The van der Waals surface area contributed by atoms with Crippen LogP contribution in [0.1, 0.15) is 5.56 Å². The molecule has 0 aliphatic rings. The molecule has 1 aromatic carbocycles. The quantitative estimate of drug-likeness (QED) is 0.392. The van der Waals surface area contributed by atoms with Crippen LogP contribution < -0.4 is 0 Å². The first kappa shape index (κ1) is 8.85. The Bertz CT molecular complexity index is 310. The number of hydrogen-bond acceptors (Lipinski definition) is 1. The molecule has 0 spiro atoms. The summed E-state index contributed by atoms with van der Waals surface area (Å²) in [6.45, 7) is 0. The predicted octanol–water partition coefficient (Wildman–Crippen LogP) is 2.39. The zero-order valence-corrected chi connectivity index (χ0v) is 7.34. The van der Waals surface area contributed by atoms with Gasteiger partial charge in [0.15, 0.2) is 0 Å². The van der Waals surface area contributed by atoms with Crippen LogP contribution in [0.5, 0.6) is 0 Å². The predicted molar refractivity (Wildman–Crippen MR) is 55.7 cm³/mol. The smallest absolute Gasteiger partial charge is 0.0108 e. The molecule has 0 atom stereocenters. The van der Waals surface area contributed by atoms with Gasteiger partial charge in [-0.1, -0.05) is 42.5 Å². The Hall–Kier alpha value is -1.24. The van der Waals surface area contributed by atoms with Crippen molar-refractivity contribution in [2.75, 3.05) is 0 Å². The van der Waals surface area contributed by atoms with Gasteiger partial charge in [-0.3, -0.25) is 5.87 Å². The number of hydrogen-bond donors (Lipinski definition) is 0. The summed E-state index contributed by atoms with van der Waals surface area (Å²) in [7, 11) is 0. The van der Waals surface area contributed by atoms with Gasteiger partial charge >= 0.3 is 0 Å². The molecule has 0 unspecified atom stereocenters. The summed E-state index contributed by atoms with van der Waals surface area (Å²) in [5.41, 5.74) is 1.76. The van der Waals surface area contributed by atoms with E-state index < -0.39 is 0 Å². The maximum atomic E-state index is 8.60. The average Bonchev–Trinajstić information content (AvgIpc) is 2.16. The van der Waals surface area contributed by atoms with Gasteiger partial charge in [-0.25, -0.2) is 0 Å². The summed E-state index contributed by atoms with van der Waals surface area (Å²) < 4.78 is 0. The highest BCUT2D eigenvalue weighted by atomic mass is 32.1. The van der Waals surface area contributed by atoms with E-state index in [1.54, 1.807) is 0 Å². The van der Waals surface area contributed by atoms with Crippen molar-refractivity contribution in [2.24, 2.45) is 0 Å². The summed E-state index contributed by atoms with van der Waals surface area (Å²) in [5, 5.41) is 10.0. The van der Waals surface area contributed by atoms with E-state index in [0.29, 0.717) is 12.0 Å². The molecule has 0 saturated carbocycles. The Morgan fingerprint density at radius 2 is 2.08 bits per heavy atom. The van der Waals surface area contributed by atoms with Gasteiger partial charge < -0.3 is 5.41 Å². The summed E-state index contributed by atoms with van der Waals surface area (Å²) in [6, 6.07) is 9.82. The molecule has 2 heteroatoms. The molecule has 60 valence electrons. The van der Waals surface area contributed by atoms with Crippen LogP contribution in [0.25, 0.3) is 5.41 Å². The van der Waals surface area contributed by atoms with Crippen LogP contribution in [-0.4, -0.2) is 11.2 Å². The molecule has 0 N–H and O–H groups in total. The maximum absolute atomic E-state index is 8.60. The minimum absolute atomic E-state index is 0.635. The van der Waals surface area contributed by atoms with Crippen molar-refractivity contribution in [2.45, 2.75) is 6.42 Å². The Morgan fingerprint density at radius 3 is 2.58 bits per heavy atom. The standard InChI is InChI=1S/C10H8NS/c11-7-10(8-12)6-9-4-2-1-3-5-9/h1-5,8H,6H2/q-1. The largest absolute Gasteiger partial charge is 0.763 e. The molecule has 12 heavy (non-hydrogen) atoms. The first-order valence-electron chi connectivity index (χ1n) is 3.62. The molecule has 0 aliphatic heterocycles. The van der Waals surface area contributed by atoms with Crippen molar-refractivity contribution in [1.29, 1.82) is 0 Å². The molecule has 1 nitrogen and oxygen atoms in total. The molecule has 0 saturated heterocycles. The molecule has 0 fully saturated rings. The van der Waals surface area contributed by atoms with Gasteiger partial charge in [0.1, 0.15) is 0 Å². The SMILES string of the molecule is [N-]=C=C(C=S)Cc1ccccc1. The van der Waals surface area contributed by atoms with Gasteiger partial charge in [-0.05, 0) is 11.1 Å². The van der Waals surface area contributed by atoms with Crippen LogP contribution >= 0.6 is 12.2 Å². The minimum atomic E-state index is 0.635. The zero-order chi connectivity index (χ0) is 8.81. The normalized spacial score (nSPS) is 8.67. The third-order valence-electron chi connectivity index (χ3n) is 1.52. The van der Waals surface area contributed by atoms with Gasteiger partial charge in [0.2, 0.25) is 0 Å². The lowest BCUT2D eigenvalue weighted by Gasteiger charge is -1.99. The van der Waals surface area contributed by atoms with E-state index in [1.807, 2.05) is 30.3 Å². The third kappa shape index (κ3) is 2.42. The van der Waals surface area contributed by atoms with Gasteiger partial charge in [0, 0.05) is 11.8 Å². The first-order chi connectivity index (χ1) is 5.86. The first-order valence-corrected chi connectivity index (χ1v) is 4.09. The van der Waals surface area contributed by atoms with Crippen molar-refractivity contribution in [3.63, 3.8) is 0 Å². The lowest BCUT2D eigenvalue weighted by Crippen LogP contribution is -1.90. The fourth-order valence-electron chi connectivity index (χ4n) is 0.923. The Morgan fingerprint density at radius 1 is 1.42 bits per heavy atom. The monoisotopic (exact) mass is 174 g/mol. The summed E-state index contributed by atoms with van der Waals surface area (Å²) in [4.78, 5) is 0. The zero-order valence-electron chi connectivity index (χ0n) is 6.53. The Kier molecular flexibility index (Phi) is 3.39.